The molecular weight excluding hydrogens is 228 g/mol. The van der Waals surface area contributed by atoms with Gasteiger partial charge in [-0.1, -0.05) is 32.0 Å². The average Bonchev–Trinajstić information content (AvgIpc) is 2.72. The van der Waals surface area contributed by atoms with Gasteiger partial charge in [0.2, 0.25) is 0 Å². The average molecular weight is 248 g/mol. The number of fused-ring (bicyclic) bond motifs is 1. The molecule has 0 aliphatic heterocycles. The molecule has 0 radical (unpaired) electrons. The van der Waals surface area contributed by atoms with Crippen LogP contribution >= 0.6 is 11.3 Å². The number of rotatable bonds is 5. The molecule has 0 aliphatic carbocycles. The van der Waals surface area contributed by atoms with Crippen molar-refractivity contribution in [2.24, 2.45) is 0 Å². The normalized spacial score (nSPS) is 11.3. The van der Waals surface area contributed by atoms with Crippen LogP contribution in [-0.4, -0.2) is 26.2 Å². The van der Waals surface area contributed by atoms with Crippen molar-refractivity contribution in [3.63, 3.8) is 0 Å². The molecule has 2 nitrogen and oxygen atoms in total. The van der Waals surface area contributed by atoms with E-state index in [1.165, 1.54) is 15.8 Å². The largest absolute Gasteiger partial charge is 0.372 e. The van der Waals surface area contributed by atoms with Crippen molar-refractivity contribution in [2.45, 2.75) is 19.9 Å². The summed E-state index contributed by atoms with van der Waals surface area (Å²) in [6.07, 6.45) is 0. The smallest absolute Gasteiger partial charge is 0.0552 e. The third-order valence-corrected chi connectivity index (χ3v) is 3.82. The third kappa shape index (κ3) is 2.99. The number of hydrogen-bond donors (Lipinski definition) is 1. The van der Waals surface area contributed by atoms with Crippen molar-refractivity contribution >= 4 is 27.1 Å². The molecule has 0 saturated carbocycles. The maximum atomic E-state index is 3.45. The van der Waals surface area contributed by atoms with Crippen LogP contribution in [0.1, 0.15) is 13.8 Å². The summed E-state index contributed by atoms with van der Waals surface area (Å²) in [7, 11) is 2.16. The molecule has 1 aromatic heterocycles. The highest BCUT2D eigenvalue weighted by Crippen LogP contribution is 2.31. The van der Waals surface area contributed by atoms with Crippen LogP contribution in [0.4, 0.5) is 5.69 Å². The summed E-state index contributed by atoms with van der Waals surface area (Å²) < 4.78 is 1.37. The summed E-state index contributed by atoms with van der Waals surface area (Å²) in [5.41, 5.74) is 1.34. The first-order valence-electron chi connectivity index (χ1n) is 6.09. The van der Waals surface area contributed by atoms with Gasteiger partial charge in [-0.15, -0.1) is 11.3 Å². The molecule has 0 spiro atoms. The van der Waals surface area contributed by atoms with E-state index in [9.17, 15) is 0 Å². The molecule has 0 fully saturated rings. The number of nitrogens with zero attached hydrogens (tertiary/aromatic N) is 1. The fourth-order valence-corrected chi connectivity index (χ4v) is 2.90. The Labute approximate surface area is 107 Å². The van der Waals surface area contributed by atoms with Gasteiger partial charge in [0.05, 0.1) is 5.69 Å². The Hall–Kier alpha value is -1.06. The molecule has 0 bridgehead atoms. The maximum absolute atomic E-state index is 3.45. The van der Waals surface area contributed by atoms with E-state index in [1.54, 1.807) is 0 Å². The van der Waals surface area contributed by atoms with E-state index in [-0.39, 0.29) is 0 Å². The van der Waals surface area contributed by atoms with Crippen LogP contribution in [0.2, 0.25) is 0 Å². The molecular formula is C14H20N2S. The van der Waals surface area contributed by atoms with Gasteiger partial charge in [0.15, 0.2) is 0 Å². The first-order valence-corrected chi connectivity index (χ1v) is 6.97. The topological polar surface area (TPSA) is 15.3 Å². The predicted octanol–water partition coefficient (Wildman–Crippen LogP) is 3.34. The molecule has 0 saturated heterocycles. The number of benzene rings is 1. The standard InChI is InChI=1S/C14H20N2S/c1-11(2)15-8-9-16(3)13-10-17-14-7-5-4-6-12(13)14/h4-7,10-11,15H,8-9H2,1-3H3. The first kappa shape index (κ1) is 12.4. The van der Waals surface area contributed by atoms with Crippen molar-refractivity contribution < 1.29 is 0 Å². The summed E-state index contributed by atoms with van der Waals surface area (Å²) in [5, 5.41) is 7.06. The van der Waals surface area contributed by atoms with Gasteiger partial charge in [-0.25, -0.2) is 0 Å². The fraction of sp³-hybridized carbons (Fsp3) is 0.429. The third-order valence-electron chi connectivity index (χ3n) is 2.87. The summed E-state index contributed by atoms with van der Waals surface area (Å²) >= 11 is 1.82. The molecule has 17 heavy (non-hydrogen) atoms. The molecule has 1 N–H and O–H groups in total. The summed E-state index contributed by atoms with van der Waals surface area (Å²) in [5.74, 6) is 0. The second-order valence-corrected chi connectivity index (χ2v) is 5.56. The van der Waals surface area contributed by atoms with Crippen molar-refractivity contribution in [1.29, 1.82) is 0 Å². The summed E-state index contributed by atoms with van der Waals surface area (Å²) in [4.78, 5) is 2.33. The number of likely N-dealkylation sites (N-methyl/N-ethyl adjacent to an activating group) is 1. The molecule has 2 rings (SSSR count). The van der Waals surface area contributed by atoms with Gasteiger partial charge in [-0.3, -0.25) is 0 Å². The lowest BCUT2D eigenvalue weighted by Crippen LogP contribution is -2.32. The monoisotopic (exact) mass is 248 g/mol. The Morgan fingerprint density at radius 3 is 2.82 bits per heavy atom. The van der Waals surface area contributed by atoms with E-state index in [2.05, 4.69) is 60.8 Å². The van der Waals surface area contributed by atoms with Gasteiger partial charge >= 0.3 is 0 Å². The van der Waals surface area contributed by atoms with E-state index in [4.69, 9.17) is 0 Å². The van der Waals surface area contributed by atoms with Gasteiger partial charge in [-0.05, 0) is 6.07 Å². The Morgan fingerprint density at radius 2 is 2.06 bits per heavy atom. The second-order valence-electron chi connectivity index (χ2n) is 4.65. The molecule has 0 unspecified atom stereocenters. The molecule has 1 aromatic carbocycles. The molecule has 0 amide bonds. The van der Waals surface area contributed by atoms with Crippen LogP contribution in [0, 0.1) is 0 Å². The SMILES string of the molecule is CC(C)NCCN(C)c1csc2ccccc12. The van der Waals surface area contributed by atoms with Crippen molar-refractivity contribution in [3.8, 4) is 0 Å². The highest BCUT2D eigenvalue weighted by Gasteiger charge is 2.07. The molecule has 0 atom stereocenters. The van der Waals surface area contributed by atoms with Gasteiger partial charge in [0.25, 0.3) is 0 Å². The van der Waals surface area contributed by atoms with Gasteiger partial charge in [0.1, 0.15) is 0 Å². The number of hydrogen-bond acceptors (Lipinski definition) is 3. The lowest BCUT2D eigenvalue weighted by molar-refractivity contribution is 0.590. The Morgan fingerprint density at radius 1 is 1.29 bits per heavy atom. The zero-order valence-electron chi connectivity index (χ0n) is 10.7. The van der Waals surface area contributed by atoms with E-state index in [0.29, 0.717) is 6.04 Å². The fourth-order valence-electron chi connectivity index (χ4n) is 1.90. The van der Waals surface area contributed by atoms with E-state index < -0.39 is 0 Å². The first-order chi connectivity index (χ1) is 8.18. The van der Waals surface area contributed by atoms with E-state index in [0.717, 1.165) is 13.1 Å². The molecule has 3 heteroatoms. The lowest BCUT2D eigenvalue weighted by Gasteiger charge is -2.19. The van der Waals surface area contributed by atoms with Crippen LogP contribution < -0.4 is 10.2 Å². The van der Waals surface area contributed by atoms with Crippen LogP contribution in [0.25, 0.3) is 10.1 Å². The van der Waals surface area contributed by atoms with Crippen LogP contribution in [0.5, 0.6) is 0 Å². The van der Waals surface area contributed by atoms with Gasteiger partial charge in [0, 0.05) is 41.6 Å². The maximum Gasteiger partial charge on any atom is 0.0552 e. The highest BCUT2D eigenvalue weighted by atomic mass is 32.1. The zero-order chi connectivity index (χ0) is 12.3. The Balaban J connectivity index is 2.06. The van der Waals surface area contributed by atoms with Crippen molar-refractivity contribution in [2.75, 3.05) is 25.0 Å². The Kier molecular flexibility index (Phi) is 4.02. The minimum atomic E-state index is 0.558. The quantitative estimate of drug-likeness (QED) is 0.873. The zero-order valence-corrected chi connectivity index (χ0v) is 11.6. The van der Waals surface area contributed by atoms with Crippen LogP contribution in [-0.2, 0) is 0 Å². The lowest BCUT2D eigenvalue weighted by atomic mass is 10.2. The summed E-state index contributed by atoms with van der Waals surface area (Å²) in [6.45, 7) is 6.43. The number of thiophene rings is 1. The minimum Gasteiger partial charge on any atom is -0.372 e. The summed E-state index contributed by atoms with van der Waals surface area (Å²) in [6, 6.07) is 9.15. The Bertz CT molecular complexity index is 476. The van der Waals surface area contributed by atoms with E-state index >= 15 is 0 Å². The van der Waals surface area contributed by atoms with Crippen LogP contribution in [0.3, 0.4) is 0 Å². The molecule has 0 aliphatic rings. The van der Waals surface area contributed by atoms with Gasteiger partial charge in [-0.2, -0.15) is 0 Å². The minimum absolute atomic E-state index is 0.558. The molecule has 1 heterocycles. The highest BCUT2D eigenvalue weighted by molar-refractivity contribution is 7.17. The number of anilines is 1. The molecule has 92 valence electrons. The van der Waals surface area contributed by atoms with Gasteiger partial charge < -0.3 is 10.2 Å². The second kappa shape index (κ2) is 5.52. The van der Waals surface area contributed by atoms with Crippen molar-refractivity contribution in [3.05, 3.63) is 29.6 Å². The predicted molar refractivity (Wildman–Crippen MR) is 78.2 cm³/mol. The van der Waals surface area contributed by atoms with Crippen molar-refractivity contribution in [1.82, 2.24) is 5.32 Å². The van der Waals surface area contributed by atoms with E-state index in [1.807, 2.05) is 11.3 Å². The molecule has 2 aromatic rings. The van der Waals surface area contributed by atoms with Crippen LogP contribution in [0.15, 0.2) is 29.6 Å². The number of nitrogens with one attached hydrogen (secondary N) is 1.